The van der Waals surface area contributed by atoms with E-state index < -0.39 is 0 Å². The van der Waals surface area contributed by atoms with Gasteiger partial charge in [-0.1, -0.05) is 36.8 Å². The molecule has 0 bridgehead atoms. The van der Waals surface area contributed by atoms with Gasteiger partial charge < -0.3 is 14.2 Å². The molecule has 3 rings (SSSR count). The monoisotopic (exact) mass is 401 g/mol. The van der Waals surface area contributed by atoms with Gasteiger partial charge in [-0.25, -0.2) is 4.99 Å². The van der Waals surface area contributed by atoms with Gasteiger partial charge in [0.25, 0.3) is 0 Å². The first-order valence-corrected chi connectivity index (χ1v) is 9.97. The van der Waals surface area contributed by atoms with Crippen LogP contribution in [-0.4, -0.2) is 13.0 Å². The number of hydrogen-bond acceptors (Lipinski definition) is 4. The minimum atomic E-state index is 0.487. The average Bonchev–Trinajstić information content (AvgIpc) is 2.79. The number of benzene rings is 3. The number of rotatable bonds is 7. The fourth-order valence-corrected chi connectivity index (χ4v) is 2.73. The van der Waals surface area contributed by atoms with E-state index in [0.717, 1.165) is 29.2 Å². The maximum Gasteiger partial charge on any atom is 0.225 e. The predicted octanol–water partition coefficient (Wildman–Crippen LogP) is 6.66. The van der Waals surface area contributed by atoms with Crippen LogP contribution in [0.1, 0.15) is 25.0 Å². The van der Waals surface area contributed by atoms with Gasteiger partial charge in [-0.2, -0.15) is 0 Å². The average molecular weight is 402 g/mol. The van der Waals surface area contributed by atoms with Crippen molar-refractivity contribution < 1.29 is 14.2 Å². The summed E-state index contributed by atoms with van der Waals surface area (Å²) in [5, 5.41) is 0. The number of aryl methyl sites for hydroxylation is 2. The zero-order valence-corrected chi connectivity index (χ0v) is 17.9. The summed E-state index contributed by atoms with van der Waals surface area (Å²) in [6.45, 7) is 6.09. The lowest BCUT2D eigenvalue weighted by Gasteiger charge is -2.11. The molecule has 0 amide bonds. The van der Waals surface area contributed by atoms with Crippen molar-refractivity contribution in [2.24, 2.45) is 4.99 Å². The van der Waals surface area contributed by atoms with Crippen LogP contribution in [-0.2, 0) is 6.42 Å². The summed E-state index contributed by atoms with van der Waals surface area (Å²) in [4.78, 5) is 4.72. The maximum absolute atomic E-state index is 6.16. The van der Waals surface area contributed by atoms with Crippen LogP contribution in [0.25, 0.3) is 0 Å². The molecule has 0 aromatic heterocycles. The normalized spacial score (nSPS) is 11.9. The molecule has 0 fully saturated rings. The largest absolute Gasteiger partial charge is 0.497 e. The van der Waals surface area contributed by atoms with E-state index in [1.807, 2.05) is 73.7 Å². The molecule has 3 aromatic rings. The van der Waals surface area contributed by atoms with Crippen LogP contribution in [0.4, 0.5) is 5.69 Å². The third-order valence-electron chi connectivity index (χ3n) is 4.55. The Morgan fingerprint density at radius 2 is 1.60 bits per heavy atom. The zero-order chi connectivity index (χ0) is 21.3. The summed E-state index contributed by atoms with van der Waals surface area (Å²) in [6, 6.07) is 23.4. The van der Waals surface area contributed by atoms with Gasteiger partial charge in [0.1, 0.15) is 17.2 Å². The van der Waals surface area contributed by atoms with Crippen LogP contribution in [0.2, 0.25) is 0 Å². The zero-order valence-electron chi connectivity index (χ0n) is 17.9. The van der Waals surface area contributed by atoms with Gasteiger partial charge in [0.2, 0.25) is 5.90 Å². The third kappa shape index (κ3) is 5.98. The van der Waals surface area contributed by atoms with Crippen LogP contribution >= 0.6 is 0 Å². The standard InChI is InChI=1S/C26H27NO3/c1-5-21-7-6-8-25(17-21)30-26(27-22-11-9-19(2)10-12-22)20(3)18-29-24-15-13-23(28-4)14-16-24/h6-18H,5H2,1-4H3. The van der Waals surface area contributed by atoms with Crippen molar-refractivity contribution in [2.75, 3.05) is 7.11 Å². The van der Waals surface area contributed by atoms with Crippen LogP contribution in [0, 0.1) is 6.92 Å². The molecule has 3 aromatic carbocycles. The molecule has 0 aliphatic rings. The van der Waals surface area contributed by atoms with E-state index in [1.165, 1.54) is 11.1 Å². The molecular weight excluding hydrogens is 374 g/mol. The Morgan fingerprint density at radius 3 is 2.27 bits per heavy atom. The molecule has 0 unspecified atom stereocenters. The van der Waals surface area contributed by atoms with E-state index in [-0.39, 0.29) is 0 Å². The van der Waals surface area contributed by atoms with Gasteiger partial charge in [-0.3, -0.25) is 0 Å². The highest BCUT2D eigenvalue weighted by molar-refractivity contribution is 5.96. The Bertz CT molecular complexity index is 1020. The quantitative estimate of drug-likeness (QED) is 0.252. The Balaban J connectivity index is 1.87. The molecule has 30 heavy (non-hydrogen) atoms. The highest BCUT2D eigenvalue weighted by atomic mass is 16.5. The Hall–Kier alpha value is -3.53. The van der Waals surface area contributed by atoms with Gasteiger partial charge in [0, 0.05) is 5.57 Å². The maximum atomic E-state index is 6.16. The second kappa shape index (κ2) is 10.3. The predicted molar refractivity (Wildman–Crippen MR) is 122 cm³/mol. The van der Waals surface area contributed by atoms with Crippen molar-refractivity contribution in [1.29, 1.82) is 0 Å². The Labute approximate surface area is 178 Å². The molecule has 0 atom stereocenters. The van der Waals surface area contributed by atoms with E-state index in [2.05, 4.69) is 19.9 Å². The molecule has 0 saturated heterocycles. The summed E-state index contributed by atoms with van der Waals surface area (Å²) in [5.41, 5.74) is 3.98. The highest BCUT2D eigenvalue weighted by Gasteiger charge is 2.09. The van der Waals surface area contributed by atoms with Gasteiger partial charge in [0.05, 0.1) is 19.1 Å². The number of methoxy groups -OCH3 is 1. The second-order valence-electron chi connectivity index (χ2n) is 6.95. The molecule has 4 nitrogen and oxygen atoms in total. The lowest BCUT2D eigenvalue weighted by molar-refractivity contribution is 0.412. The van der Waals surface area contributed by atoms with E-state index in [4.69, 9.17) is 19.2 Å². The van der Waals surface area contributed by atoms with Crippen molar-refractivity contribution in [3.05, 3.63) is 95.8 Å². The first-order chi connectivity index (χ1) is 14.6. The smallest absolute Gasteiger partial charge is 0.225 e. The van der Waals surface area contributed by atoms with Gasteiger partial charge in [0.15, 0.2) is 0 Å². The molecule has 0 N–H and O–H groups in total. The summed E-state index contributed by atoms with van der Waals surface area (Å²) >= 11 is 0. The fraction of sp³-hybridized carbons (Fsp3) is 0.192. The molecule has 4 heteroatoms. The molecule has 0 radical (unpaired) electrons. The van der Waals surface area contributed by atoms with E-state index in [1.54, 1.807) is 13.4 Å². The van der Waals surface area contributed by atoms with Crippen molar-refractivity contribution in [2.45, 2.75) is 27.2 Å². The summed E-state index contributed by atoms with van der Waals surface area (Å²) in [6.07, 6.45) is 2.59. The molecule has 0 spiro atoms. The van der Waals surface area contributed by atoms with Crippen molar-refractivity contribution in [3.63, 3.8) is 0 Å². The molecule has 0 heterocycles. The van der Waals surface area contributed by atoms with Crippen LogP contribution in [0.5, 0.6) is 17.2 Å². The Morgan fingerprint density at radius 1 is 0.900 bits per heavy atom. The fourth-order valence-electron chi connectivity index (χ4n) is 2.73. The molecular formula is C26H27NO3. The molecule has 154 valence electrons. The van der Waals surface area contributed by atoms with Crippen molar-refractivity contribution >= 4 is 11.6 Å². The lowest BCUT2D eigenvalue weighted by atomic mass is 10.2. The SMILES string of the molecule is CCc1cccc(OC(=Nc2ccc(C)cc2)C(C)=COc2ccc(OC)cc2)c1. The van der Waals surface area contributed by atoms with Gasteiger partial charge >= 0.3 is 0 Å². The molecule has 0 saturated carbocycles. The summed E-state index contributed by atoms with van der Waals surface area (Å²) in [7, 11) is 1.64. The highest BCUT2D eigenvalue weighted by Crippen LogP contribution is 2.21. The van der Waals surface area contributed by atoms with E-state index >= 15 is 0 Å². The molecule has 0 aliphatic carbocycles. The number of ether oxygens (including phenoxy) is 3. The minimum absolute atomic E-state index is 0.487. The lowest BCUT2D eigenvalue weighted by Crippen LogP contribution is -2.11. The van der Waals surface area contributed by atoms with Crippen LogP contribution in [0.3, 0.4) is 0 Å². The first-order valence-electron chi connectivity index (χ1n) is 9.97. The van der Waals surface area contributed by atoms with E-state index in [0.29, 0.717) is 11.6 Å². The number of hydrogen-bond donors (Lipinski definition) is 0. The second-order valence-corrected chi connectivity index (χ2v) is 6.95. The first kappa shape index (κ1) is 21.2. The van der Waals surface area contributed by atoms with Crippen molar-refractivity contribution in [1.82, 2.24) is 0 Å². The van der Waals surface area contributed by atoms with Gasteiger partial charge in [-0.15, -0.1) is 0 Å². The topological polar surface area (TPSA) is 40.0 Å². The van der Waals surface area contributed by atoms with Crippen LogP contribution < -0.4 is 14.2 Å². The number of nitrogens with zero attached hydrogens (tertiary/aromatic N) is 1. The van der Waals surface area contributed by atoms with Gasteiger partial charge in [-0.05, 0) is 74.4 Å². The van der Waals surface area contributed by atoms with Crippen molar-refractivity contribution in [3.8, 4) is 17.2 Å². The Kier molecular flexibility index (Phi) is 7.28. The molecule has 0 aliphatic heterocycles. The minimum Gasteiger partial charge on any atom is -0.497 e. The van der Waals surface area contributed by atoms with Crippen LogP contribution in [0.15, 0.2) is 89.6 Å². The van der Waals surface area contributed by atoms with E-state index in [9.17, 15) is 0 Å². The number of aliphatic imine (C=N–C) groups is 1. The third-order valence-corrected chi connectivity index (χ3v) is 4.55. The summed E-state index contributed by atoms with van der Waals surface area (Å²) < 4.78 is 17.2. The summed E-state index contributed by atoms with van der Waals surface area (Å²) in [5.74, 6) is 2.72.